The molecule has 0 saturated carbocycles. The first kappa shape index (κ1) is 20.1. The van der Waals surface area contributed by atoms with E-state index in [9.17, 15) is 18.0 Å². The topological polar surface area (TPSA) is 58.1 Å². The van der Waals surface area contributed by atoms with Crippen molar-refractivity contribution in [2.24, 2.45) is 5.92 Å². The zero-order valence-electron chi connectivity index (χ0n) is 15.7. The lowest BCUT2D eigenvalue weighted by atomic mass is 9.99. The second-order valence-electron chi connectivity index (χ2n) is 7.18. The molecule has 2 aromatic heterocycles. The number of alkyl halides is 3. The van der Waals surface area contributed by atoms with Crippen LogP contribution < -0.4 is 10.2 Å². The number of aromatic nitrogens is 2. The van der Waals surface area contributed by atoms with Gasteiger partial charge in [0.25, 0.3) is 0 Å². The summed E-state index contributed by atoms with van der Waals surface area (Å²) in [6.45, 7) is 4.43. The summed E-state index contributed by atoms with van der Waals surface area (Å²) in [6.07, 6.45) is 1.25. The normalized spacial score (nSPS) is 15.5. The molecule has 0 unspecified atom stereocenters. The van der Waals surface area contributed by atoms with Crippen molar-refractivity contribution in [2.75, 3.05) is 18.0 Å². The second-order valence-corrected chi connectivity index (χ2v) is 7.18. The van der Waals surface area contributed by atoms with E-state index in [1.165, 1.54) is 0 Å². The van der Waals surface area contributed by atoms with Gasteiger partial charge in [0.2, 0.25) is 5.91 Å². The molecule has 0 aromatic carbocycles. The van der Waals surface area contributed by atoms with Gasteiger partial charge >= 0.3 is 6.18 Å². The summed E-state index contributed by atoms with van der Waals surface area (Å²) in [7, 11) is 0. The predicted molar refractivity (Wildman–Crippen MR) is 99.6 cm³/mol. The van der Waals surface area contributed by atoms with Crippen molar-refractivity contribution in [1.82, 2.24) is 15.3 Å². The van der Waals surface area contributed by atoms with Crippen molar-refractivity contribution in [3.05, 3.63) is 53.5 Å². The van der Waals surface area contributed by atoms with Crippen LogP contribution in [0.5, 0.6) is 0 Å². The average molecular weight is 392 g/mol. The number of rotatable bonds is 5. The van der Waals surface area contributed by atoms with Crippen molar-refractivity contribution in [1.29, 1.82) is 0 Å². The molecule has 0 aliphatic carbocycles. The average Bonchev–Trinajstić information content (AvgIpc) is 2.67. The minimum absolute atomic E-state index is 0.139. The van der Waals surface area contributed by atoms with Crippen molar-refractivity contribution >= 4 is 11.7 Å². The number of amides is 1. The summed E-state index contributed by atoms with van der Waals surface area (Å²) in [4.78, 5) is 22.5. The number of hydrogen-bond donors (Lipinski definition) is 1. The Hall–Kier alpha value is -2.64. The van der Waals surface area contributed by atoms with Gasteiger partial charge in [-0.1, -0.05) is 13.0 Å². The molecule has 1 N–H and O–H groups in total. The van der Waals surface area contributed by atoms with Gasteiger partial charge in [0.1, 0.15) is 5.82 Å². The highest BCUT2D eigenvalue weighted by Gasteiger charge is 2.33. The Bertz CT molecular complexity index is 800. The number of nitrogens with one attached hydrogen (secondary N) is 1. The lowest BCUT2D eigenvalue weighted by Crippen LogP contribution is -2.33. The van der Waals surface area contributed by atoms with E-state index in [0.29, 0.717) is 0 Å². The lowest BCUT2D eigenvalue weighted by Gasteiger charge is -2.31. The summed E-state index contributed by atoms with van der Waals surface area (Å²) in [5.41, 5.74) is -0.176. The van der Waals surface area contributed by atoms with Gasteiger partial charge in [-0.15, -0.1) is 0 Å². The lowest BCUT2D eigenvalue weighted by molar-refractivity contribution is -0.138. The van der Waals surface area contributed by atoms with Gasteiger partial charge in [-0.2, -0.15) is 13.2 Å². The third kappa shape index (κ3) is 5.21. The molecule has 1 amide bonds. The predicted octanol–water partition coefficient (Wildman–Crippen LogP) is 3.59. The molecule has 0 bridgehead atoms. The van der Waals surface area contributed by atoms with Crippen molar-refractivity contribution in [3.8, 4) is 0 Å². The SMILES string of the molecule is CC1CCN(c2ccc(CNC(=O)Cc3cnccc3C(F)(F)F)cn2)CC1. The van der Waals surface area contributed by atoms with Crippen LogP contribution in [-0.4, -0.2) is 29.0 Å². The van der Waals surface area contributed by atoms with Crippen LogP contribution in [0.4, 0.5) is 19.0 Å². The first-order chi connectivity index (χ1) is 13.3. The Balaban J connectivity index is 1.54. The molecule has 0 atom stereocenters. The molecule has 28 heavy (non-hydrogen) atoms. The molecule has 2 aromatic rings. The van der Waals surface area contributed by atoms with Crippen molar-refractivity contribution in [2.45, 2.75) is 38.9 Å². The largest absolute Gasteiger partial charge is 0.416 e. The molecule has 8 heteroatoms. The van der Waals surface area contributed by atoms with E-state index in [4.69, 9.17) is 0 Å². The van der Waals surface area contributed by atoms with E-state index in [-0.39, 0.29) is 18.5 Å². The highest BCUT2D eigenvalue weighted by molar-refractivity contribution is 5.78. The zero-order valence-corrected chi connectivity index (χ0v) is 15.7. The third-order valence-corrected chi connectivity index (χ3v) is 4.97. The summed E-state index contributed by atoms with van der Waals surface area (Å²) >= 11 is 0. The van der Waals surface area contributed by atoms with Gasteiger partial charge in [-0.25, -0.2) is 4.98 Å². The van der Waals surface area contributed by atoms with Crippen LogP contribution in [-0.2, 0) is 23.9 Å². The Morgan fingerprint density at radius 1 is 1.21 bits per heavy atom. The molecule has 1 fully saturated rings. The summed E-state index contributed by atoms with van der Waals surface area (Å²) in [5, 5.41) is 2.64. The first-order valence-corrected chi connectivity index (χ1v) is 9.29. The fourth-order valence-electron chi connectivity index (χ4n) is 3.23. The number of piperidine rings is 1. The summed E-state index contributed by atoms with van der Waals surface area (Å²) in [6, 6.07) is 4.68. The van der Waals surface area contributed by atoms with Gasteiger partial charge in [0, 0.05) is 38.2 Å². The van der Waals surface area contributed by atoms with E-state index in [1.54, 1.807) is 6.20 Å². The van der Waals surface area contributed by atoms with Crippen LogP contribution in [0.15, 0.2) is 36.8 Å². The molecule has 1 aliphatic heterocycles. The maximum atomic E-state index is 13.0. The fraction of sp³-hybridized carbons (Fsp3) is 0.450. The third-order valence-electron chi connectivity index (χ3n) is 4.97. The zero-order chi connectivity index (χ0) is 20.1. The van der Waals surface area contributed by atoms with Gasteiger partial charge in [-0.3, -0.25) is 9.78 Å². The first-order valence-electron chi connectivity index (χ1n) is 9.29. The van der Waals surface area contributed by atoms with Crippen LogP contribution >= 0.6 is 0 Å². The minimum Gasteiger partial charge on any atom is -0.357 e. The van der Waals surface area contributed by atoms with Gasteiger partial charge < -0.3 is 10.2 Å². The fourth-order valence-corrected chi connectivity index (χ4v) is 3.23. The van der Waals surface area contributed by atoms with Crippen molar-refractivity contribution < 1.29 is 18.0 Å². The second kappa shape index (κ2) is 8.58. The molecular formula is C20H23F3N4O. The summed E-state index contributed by atoms with van der Waals surface area (Å²) in [5.74, 6) is 1.16. The van der Waals surface area contributed by atoms with E-state index < -0.39 is 17.6 Å². The number of carbonyl (C=O) groups is 1. The van der Waals surface area contributed by atoms with E-state index >= 15 is 0 Å². The Morgan fingerprint density at radius 2 is 1.96 bits per heavy atom. The van der Waals surface area contributed by atoms with Crippen LogP contribution in [0, 0.1) is 5.92 Å². The van der Waals surface area contributed by atoms with Gasteiger partial charge in [0.15, 0.2) is 0 Å². The molecule has 1 saturated heterocycles. The molecule has 150 valence electrons. The number of pyridine rings is 2. The number of hydrogen-bond acceptors (Lipinski definition) is 4. The molecule has 1 aliphatic rings. The van der Waals surface area contributed by atoms with Gasteiger partial charge in [0.05, 0.1) is 12.0 Å². The molecule has 3 rings (SSSR count). The quantitative estimate of drug-likeness (QED) is 0.845. The molecule has 0 spiro atoms. The van der Waals surface area contributed by atoms with E-state index in [1.807, 2.05) is 12.1 Å². The standard InChI is InChI=1S/C20H23F3N4O/c1-14-5-8-27(9-6-14)18-3-2-15(11-25-18)12-26-19(28)10-16-13-24-7-4-17(16)20(21,22)23/h2-4,7,11,13-14H,5-6,8-10,12H2,1H3,(H,26,28). The molecular weight excluding hydrogens is 369 g/mol. The van der Waals surface area contributed by atoms with Crippen molar-refractivity contribution in [3.63, 3.8) is 0 Å². The number of carbonyl (C=O) groups excluding carboxylic acids is 1. The number of halogens is 3. The number of anilines is 1. The highest BCUT2D eigenvalue weighted by atomic mass is 19.4. The van der Waals surface area contributed by atoms with Crippen LogP contribution in [0.3, 0.4) is 0 Å². The van der Waals surface area contributed by atoms with Crippen LogP contribution in [0.25, 0.3) is 0 Å². The molecule has 3 heterocycles. The Labute approximate surface area is 162 Å². The monoisotopic (exact) mass is 392 g/mol. The highest BCUT2D eigenvalue weighted by Crippen LogP contribution is 2.31. The maximum absolute atomic E-state index is 13.0. The Kier molecular flexibility index (Phi) is 6.16. The summed E-state index contributed by atoms with van der Waals surface area (Å²) < 4.78 is 39.0. The maximum Gasteiger partial charge on any atom is 0.416 e. The Morgan fingerprint density at radius 3 is 2.61 bits per heavy atom. The molecule has 0 radical (unpaired) electrons. The number of nitrogens with zero attached hydrogens (tertiary/aromatic N) is 3. The van der Waals surface area contributed by atoms with Gasteiger partial charge in [-0.05, 0) is 42.0 Å². The minimum atomic E-state index is -4.51. The van der Waals surface area contributed by atoms with Crippen LogP contribution in [0.1, 0.15) is 36.5 Å². The van der Waals surface area contributed by atoms with E-state index in [0.717, 1.165) is 61.7 Å². The molecule has 5 nitrogen and oxygen atoms in total. The van der Waals surface area contributed by atoms with E-state index in [2.05, 4.69) is 27.1 Å². The smallest absolute Gasteiger partial charge is 0.357 e. The van der Waals surface area contributed by atoms with Crippen LogP contribution in [0.2, 0.25) is 0 Å².